The molecular formula is C14H19NO2. The first kappa shape index (κ1) is 13.3. The van der Waals surface area contributed by atoms with E-state index in [1.54, 1.807) is 6.08 Å². The fraction of sp³-hybridized carbons (Fsp3) is 0.357. The molecule has 0 amide bonds. The van der Waals surface area contributed by atoms with Gasteiger partial charge in [0.2, 0.25) is 0 Å². The molecule has 0 fully saturated rings. The number of para-hydroxylation sites is 1. The van der Waals surface area contributed by atoms with E-state index in [1.165, 1.54) is 5.56 Å². The Morgan fingerprint density at radius 2 is 2.18 bits per heavy atom. The summed E-state index contributed by atoms with van der Waals surface area (Å²) in [5.74, 6) is -0.770. The van der Waals surface area contributed by atoms with Gasteiger partial charge in [0, 0.05) is 18.8 Å². The van der Waals surface area contributed by atoms with Crippen molar-refractivity contribution in [1.29, 1.82) is 0 Å². The molecule has 1 N–H and O–H groups in total. The molecule has 0 spiro atoms. The number of carboxylic acid groups (broad SMARTS) is 1. The summed E-state index contributed by atoms with van der Waals surface area (Å²) in [5, 5.41) is 8.75. The largest absolute Gasteiger partial charge is 0.481 e. The first-order valence-corrected chi connectivity index (χ1v) is 5.84. The van der Waals surface area contributed by atoms with Crippen LogP contribution >= 0.6 is 0 Å². The molecule has 0 atom stereocenters. The molecule has 0 heterocycles. The van der Waals surface area contributed by atoms with E-state index in [0.29, 0.717) is 13.1 Å². The van der Waals surface area contributed by atoms with Crippen LogP contribution < -0.4 is 4.90 Å². The van der Waals surface area contributed by atoms with E-state index in [1.807, 2.05) is 18.2 Å². The molecule has 1 aromatic carbocycles. The summed E-state index contributed by atoms with van der Waals surface area (Å²) < 4.78 is 0. The minimum absolute atomic E-state index is 0.145. The highest BCUT2D eigenvalue weighted by atomic mass is 16.4. The van der Waals surface area contributed by atoms with E-state index in [9.17, 15) is 4.79 Å². The van der Waals surface area contributed by atoms with Crippen LogP contribution in [0.4, 0.5) is 5.69 Å². The number of aryl methyl sites for hydroxylation is 1. The summed E-state index contributed by atoms with van der Waals surface area (Å²) in [6.07, 6.45) is 2.89. The van der Waals surface area contributed by atoms with Crippen molar-refractivity contribution < 1.29 is 9.90 Å². The van der Waals surface area contributed by atoms with Crippen molar-refractivity contribution in [2.45, 2.75) is 19.8 Å². The van der Waals surface area contributed by atoms with Crippen molar-refractivity contribution in [2.75, 3.05) is 18.0 Å². The topological polar surface area (TPSA) is 40.5 Å². The summed E-state index contributed by atoms with van der Waals surface area (Å²) in [6.45, 7) is 7.00. The van der Waals surface area contributed by atoms with Crippen LogP contribution in [0, 0.1) is 0 Å². The Morgan fingerprint density at radius 3 is 2.76 bits per heavy atom. The maximum atomic E-state index is 10.6. The first-order valence-electron chi connectivity index (χ1n) is 5.84. The van der Waals surface area contributed by atoms with Crippen molar-refractivity contribution in [1.82, 2.24) is 0 Å². The second-order valence-electron chi connectivity index (χ2n) is 3.86. The smallest absolute Gasteiger partial charge is 0.305 e. The van der Waals surface area contributed by atoms with E-state index in [4.69, 9.17) is 5.11 Å². The quantitative estimate of drug-likeness (QED) is 0.736. The maximum absolute atomic E-state index is 10.6. The Morgan fingerprint density at radius 1 is 1.47 bits per heavy atom. The Bertz CT molecular complexity index is 388. The van der Waals surface area contributed by atoms with Gasteiger partial charge < -0.3 is 10.0 Å². The average molecular weight is 233 g/mol. The molecule has 0 bridgehead atoms. The standard InChI is InChI=1S/C14H19NO2/c1-3-10-15(11-9-14(16)17)13-8-6-5-7-12(13)4-2/h3,5-8H,1,4,9-11H2,2H3,(H,16,17). The molecule has 1 rings (SSSR count). The number of rotatable bonds is 7. The summed E-state index contributed by atoms with van der Waals surface area (Å²) in [4.78, 5) is 12.7. The van der Waals surface area contributed by atoms with Crippen molar-refractivity contribution in [3.05, 3.63) is 42.5 Å². The minimum Gasteiger partial charge on any atom is -0.481 e. The van der Waals surface area contributed by atoms with Gasteiger partial charge in [-0.2, -0.15) is 0 Å². The van der Waals surface area contributed by atoms with Gasteiger partial charge in [0.15, 0.2) is 0 Å². The Hall–Kier alpha value is -1.77. The molecule has 0 aliphatic rings. The number of nitrogens with zero attached hydrogens (tertiary/aromatic N) is 1. The summed E-state index contributed by atoms with van der Waals surface area (Å²) in [5.41, 5.74) is 2.34. The lowest BCUT2D eigenvalue weighted by atomic mass is 10.1. The van der Waals surface area contributed by atoms with Gasteiger partial charge in [-0.25, -0.2) is 0 Å². The van der Waals surface area contributed by atoms with E-state index in [2.05, 4.69) is 24.5 Å². The fourth-order valence-corrected chi connectivity index (χ4v) is 1.81. The van der Waals surface area contributed by atoms with Gasteiger partial charge in [0.25, 0.3) is 0 Å². The number of anilines is 1. The van der Waals surface area contributed by atoms with Crippen molar-refractivity contribution in [3.8, 4) is 0 Å². The SMILES string of the molecule is C=CCN(CCC(=O)O)c1ccccc1CC. The third kappa shape index (κ3) is 3.94. The lowest BCUT2D eigenvalue weighted by Crippen LogP contribution is -2.27. The molecule has 0 aliphatic carbocycles. The van der Waals surface area contributed by atoms with Crippen molar-refractivity contribution in [3.63, 3.8) is 0 Å². The van der Waals surface area contributed by atoms with E-state index in [-0.39, 0.29) is 6.42 Å². The Labute approximate surface area is 102 Å². The van der Waals surface area contributed by atoms with Crippen molar-refractivity contribution >= 4 is 11.7 Å². The monoisotopic (exact) mass is 233 g/mol. The van der Waals surface area contributed by atoms with E-state index in [0.717, 1.165) is 12.1 Å². The highest BCUT2D eigenvalue weighted by molar-refractivity contribution is 5.68. The normalized spacial score (nSPS) is 9.94. The number of carboxylic acids is 1. The van der Waals surface area contributed by atoms with Gasteiger partial charge in [-0.15, -0.1) is 6.58 Å². The number of hydrogen-bond donors (Lipinski definition) is 1. The molecule has 3 heteroatoms. The lowest BCUT2D eigenvalue weighted by molar-refractivity contribution is -0.136. The van der Waals surface area contributed by atoms with Crippen LogP contribution in [0.15, 0.2) is 36.9 Å². The van der Waals surface area contributed by atoms with Crippen LogP contribution in [-0.4, -0.2) is 24.2 Å². The molecular weight excluding hydrogens is 214 g/mol. The number of benzene rings is 1. The van der Waals surface area contributed by atoms with Crippen LogP contribution in [0.25, 0.3) is 0 Å². The predicted molar refractivity (Wildman–Crippen MR) is 70.5 cm³/mol. The number of hydrogen-bond acceptors (Lipinski definition) is 2. The van der Waals surface area contributed by atoms with Gasteiger partial charge in [0.1, 0.15) is 0 Å². The summed E-state index contributed by atoms with van der Waals surface area (Å²) >= 11 is 0. The van der Waals surface area contributed by atoms with Gasteiger partial charge >= 0.3 is 5.97 Å². The van der Waals surface area contributed by atoms with Gasteiger partial charge in [-0.1, -0.05) is 31.2 Å². The number of carbonyl (C=O) groups is 1. The molecule has 0 radical (unpaired) electrons. The van der Waals surface area contributed by atoms with Gasteiger partial charge in [-0.3, -0.25) is 4.79 Å². The maximum Gasteiger partial charge on any atom is 0.305 e. The molecule has 0 aromatic heterocycles. The van der Waals surface area contributed by atoms with Gasteiger partial charge in [0.05, 0.1) is 6.42 Å². The Balaban J connectivity index is 2.87. The highest BCUT2D eigenvalue weighted by Gasteiger charge is 2.10. The molecule has 1 aromatic rings. The third-order valence-electron chi connectivity index (χ3n) is 2.66. The predicted octanol–water partition coefficient (Wildman–Crippen LogP) is 2.72. The zero-order chi connectivity index (χ0) is 12.7. The second kappa shape index (κ2) is 6.74. The fourth-order valence-electron chi connectivity index (χ4n) is 1.81. The number of aliphatic carboxylic acids is 1. The van der Waals surface area contributed by atoms with E-state index < -0.39 is 5.97 Å². The van der Waals surface area contributed by atoms with Crippen molar-refractivity contribution in [2.24, 2.45) is 0 Å². The average Bonchev–Trinajstić information content (AvgIpc) is 2.34. The summed E-state index contributed by atoms with van der Waals surface area (Å²) in [6, 6.07) is 8.09. The highest BCUT2D eigenvalue weighted by Crippen LogP contribution is 2.21. The van der Waals surface area contributed by atoms with Crippen LogP contribution in [0.3, 0.4) is 0 Å². The molecule has 0 unspecified atom stereocenters. The van der Waals surface area contributed by atoms with E-state index >= 15 is 0 Å². The van der Waals surface area contributed by atoms with Crippen LogP contribution in [0.5, 0.6) is 0 Å². The Kier molecular flexibility index (Phi) is 5.27. The third-order valence-corrected chi connectivity index (χ3v) is 2.66. The molecule has 92 valence electrons. The molecule has 17 heavy (non-hydrogen) atoms. The van der Waals surface area contributed by atoms with Crippen LogP contribution in [0.1, 0.15) is 18.9 Å². The van der Waals surface area contributed by atoms with Gasteiger partial charge in [-0.05, 0) is 18.1 Å². The lowest BCUT2D eigenvalue weighted by Gasteiger charge is -2.25. The molecule has 0 saturated carbocycles. The summed E-state index contributed by atoms with van der Waals surface area (Å²) in [7, 11) is 0. The second-order valence-corrected chi connectivity index (χ2v) is 3.86. The van der Waals surface area contributed by atoms with Crippen LogP contribution in [0.2, 0.25) is 0 Å². The molecule has 0 saturated heterocycles. The van der Waals surface area contributed by atoms with Crippen LogP contribution in [-0.2, 0) is 11.2 Å². The zero-order valence-electron chi connectivity index (χ0n) is 10.2. The molecule has 0 aliphatic heterocycles. The molecule has 3 nitrogen and oxygen atoms in total. The zero-order valence-corrected chi connectivity index (χ0v) is 10.2. The minimum atomic E-state index is -0.770. The first-order chi connectivity index (χ1) is 8.19.